The van der Waals surface area contributed by atoms with Crippen LogP contribution in [0.4, 0.5) is 4.39 Å². The van der Waals surface area contributed by atoms with Crippen LogP contribution in [-0.2, 0) is 26.0 Å². The van der Waals surface area contributed by atoms with E-state index in [-0.39, 0.29) is 17.4 Å². The van der Waals surface area contributed by atoms with E-state index in [9.17, 15) is 17.6 Å². The van der Waals surface area contributed by atoms with Crippen molar-refractivity contribution in [1.29, 1.82) is 0 Å². The third-order valence-electron chi connectivity index (χ3n) is 4.55. The van der Waals surface area contributed by atoms with Crippen LogP contribution in [0.2, 0.25) is 0 Å². The Morgan fingerprint density at radius 1 is 1.14 bits per heavy atom. The van der Waals surface area contributed by atoms with E-state index in [1.54, 1.807) is 0 Å². The van der Waals surface area contributed by atoms with Gasteiger partial charge in [0.2, 0.25) is 15.9 Å². The van der Waals surface area contributed by atoms with Gasteiger partial charge in [-0.3, -0.25) is 4.79 Å². The molecule has 0 aromatic heterocycles. The molecule has 1 amide bonds. The van der Waals surface area contributed by atoms with Crippen LogP contribution in [0.5, 0.6) is 0 Å². The zero-order valence-corrected chi connectivity index (χ0v) is 16.1. The maximum Gasteiger partial charge on any atom is 0.241 e. The second kappa shape index (κ2) is 9.27. The van der Waals surface area contributed by atoms with Crippen molar-refractivity contribution in [1.82, 2.24) is 10.0 Å². The molecule has 0 spiro atoms. The van der Waals surface area contributed by atoms with Crippen LogP contribution in [0, 0.1) is 5.82 Å². The summed E-state index contributed by atoms with van der Waals surface area (Å²) in [7, 11) is -3.99. The molecular weight excluding hydrogens is 383 g/mol. The lowest BCUT2D eigenvalue weighted by molar-refractivity contribution is -0.123. The Kier molecular flexibility index (Phi) is 6.77. The Bertz CT molecular complexity index is 882. The van der Waals surface area contributed by atoms with Gasteiger partial charge in [0.25, 0.3) is 0 Å². The predicted octanol–water partition coefficient (Wildman–Crippen LogP) is 2.01. The topological polar surface area (TPSA) is 84.5 Å². The Morgan fingerprint density at radius 2 is 1.86 bits per heavy atom. The highest BCUT2D eigenvalue weighted by Crippen LogP contribution is 2.13. The molecule has 1 fully saturated rings. The quantitative estimate of drug-likeness (QED) is 0.702. The van der Waals surface area contributed by atoms with E-state index in [1.807, 2.05) is 30.3 Å². The van der Waals surface area contributed by atoms with Crippen molar-refractivity contribution in [2.45, 2.75) is 36.3 Å². The lowest BCUT2D eigenvalue weighted by atomic mass is 10.1. The summed E-state index contributed by atoms with van der Waals surface area (Å²) in [5.41, 5.74) is 0.821. The van der Waals surface area contributed by atoms with E-state index >= 15 is 0 Å². The molecule has 1 aliphatic rings. The minimum absolute atomic E-state index is 0.0463. The van der Waals surface area contributed by atoms with Crippen molar-refractivity contribution in [2.24, 2.45) is 0 Å². The fourth-order valence-electron chi connectivity index (χ4n) is 3.05. The highest BCUT2D eigenvalue weighted by atomic mass is 32.2. The molecule has 2 N–H and O–H groups in total. The number of nitrogens with one attached hydrogen (secondary N) is 2. The van der Waals surface area contributed by atoms with Gasteiger partial charge < -0.3 is 10.1 Å². The number of carbonyl (C=O) groups is 1. The van der Waals surface area contributed by atoms with Crippen LogP contribution in [0.3, 0.4) is 0 Å². The summed E-state index contributed by atoms with van der Waals surface area (Å²) in [6.45, 7) is 1.01. The van der Waals surface area contributed by atoms with Crippen LogP contribution in [0.1, 0.15) is 18.4 Å². The second-order valence-electron chi connectivity index (χ2n) is 6.70. The van der Waals surface area contributed by atoms with Crippen LogP contribution in [0.15, 0.2) is 59.5 Å². The van der Waals surface area contributed by atoms with Gasteiger partial charge in [0.1, 0.15) is 11.9 Å². The molecule has 3 rings (SSSR count). The fourth-order valence-corrected chi connectivity index (χ4v) is 4.25. The molecule has 1 heterocycles. The molecule has 0 bridgehead atoms. The molecule has 150 valence electrons. The summed E-state index contributed by atoms with van der Waals surface area (Å²) in [6, 6.07) is 12.6. The average Bonchev–Trinajstić information content (AvgIpc) is 3.20. The number of carbonyl (C=O) groups excluding carboxylic acids is 1. The first kappa shape index (κ1) is 20.4. The third kappa shape index (κ3) is 5.60. The summed E-state index contributed by atoms with van der Waals surface area (Å²) in [5, 5.41) is 2.78. The molecule has 0 saturated carbocycles. The molecule has 8 heteroatoms. The number of benzene rings is 2. The Hall–Kier alpha value is -2.29. The molecule has 0 radical (unpaired) electrons. The Labute approximate surface area is 164 Å². The average molecular weight is 406 g/mol. The first-order valence-electron chi connectivity index (χ1n) is 9.15. The van der Waals surface area contributed by atoms with E-state index < -0.39 is 27.8 Å². The van der Waals surface area contributed by atoms with Gasteiger partial charge in [0.05, 0.1) is 11.0 Å². The zero-order chi connectivity index (χ0) is 20.0. The van der Waals surface area contributed by atoms with Crippen molar-refractivity contribution in [2.75, 3.05) is 13.2 Å². The van der Waals surface area contributed by atoms with Gasteiger partial charge in [-0.05, 0) is 49.1 Å². The number of ether oxygens (including phenoxy) is 1. The van der Waals surface area contributed by atoms with Gasteiger partial charge in [-0.25, -0.2) is 12.8 Å². The van der Waals surface area contributed by atoms with Crippen LogP contribution >= 0.6 is 0 Å². The third-order valence-corrected chi connectivity index (χ3v) is 6.04. The highest BCUT2D eigenvalue weighted by Gasteiger charge is 2.27. The number of amides is 1. The summed E-state index contributed by atoms with van der Waals surface area (Å²) in [6.07, 6.45) is 1.96. The molecule has 2 aromatic carbocycles. The minimum Gasteiger partial charge on any atom is -0.376 e. The maximum atomic E-state index is 13.1. The summed E-state index contributed by atoms with van der Waals surface area (Å²) >= 11 is 0. The molecule has 2 aromatic rings. The second-order valence-corrected chi connectivity index (χ2v) is 8.41. The monoisotopic (exact) mass is 406 g/mol. The highest BCUT2D eigenvalue weighted by molar-refractivity contribution is 7.89. The SMILES string of the molecule is O=C(NC[C@H]1CCCO1)[C@@H](Cc1ccccc1)NS(=O)(=O)c1ccc(F)cc1. The van der Waals surface area contributed by atoms with Crippen molar-refractivity contribution in [3.8, 4) is 0 Å². The van der Waals surface area contributed by atoms with Gasteiger partial charge >= 0.3 is 0 Å². The van der Waals surface area contributed by atoms with Crippen LogP contribution < -0.4 is 10.0 Å². The van der Waals surface area contributed by atoms with Crippen molar-refractivity contribution in [3.63, 3.8) is 0 Å². The standard InChI is InChI=1S/C20H23FN2O4S/c21-16-8-10-18(11-9-16)28(25,26)23-19(13-15-5-2-1-3-6-15)20(24)22-14-17-7-4-12-27-17/h1-3,5-6,8-11,17,19,23H,4,7,12-14H2,(H,22,24)/t17-,19-/m1/s1. The van der Waals surface area contributed by atoms with Crippen LogP contribution in [0.25, 0.3) is 0 Å². The molecule has 28 heavy (non-hydrogen) atoms. The number of hydrogen-bond donors (Lipinski definition) is 2. The normalized spacial score (nSPS) is 18.0. The Morgan fingerprint density at radius 3 is 2.50 bits per heavy atom. The van der Waals surface area contributed by atoms with Crippen LogP contribution in [-0.4, -0.2) is 39.6 Å². The molecular formula is C20H23FN2O4S. The summed E-state index contributed by atoms with van der Waals surface area (Å²) < 4.78 is 46.4. The Balaban J connectivity index is 1.74. The van der Waals surface area contributed by atoms with Gasteiger partial charge in [-0.15, -0.1) is 0 Å². The van der Waals surface area contributed by atoms with E-state index in [4.69, 9.17) is 4.74 Å². The molecule has 1 saturated heterocycles. The minimum atomic E-state index is -3.99. The molecule has 2 atom stereocenters. The fraction of sp³-hybridized carbons (Fsp3) is 0.350. The van der Waals surface area contributed by atoms with Gasteiger partial charge in [-0.1, -0.05) is 30.3 Å². The predicted molar refractivity (Wildman–Crippen MR) is 103 cm³/mol. The molecule has 0 aliphatic carbocycles. The first-order valence-corrected chi connectivity index (χ1v) is 10.6. The molecule has 1 aliphatic heterocycles. The number of rotatable bonds is 8. The van der Waals surface area contributed by atoms with E-state index in [1.165, 1.54) is 12.1 Å². The smallest absolute Gasteiger partial charge is 0.241 e. The number of halogens is 1. The largest absolute Gasteiger partial charge is 0.376 e. The molecule has 6 nitrogen and oxygen atoms in total. The lowest BCUT2D eigenvalue weighted by Gasteiger charge is -2.20. The first-order chi connectivity index (χ1) is 13.4. The summed E-state index contributed by atoms with van der Waals surface area (Å²) in [5.74, 6) is -0.959. The lowest BCUT2D eigenvalue weighted by Crippen LogP contribution is -2.49. The molecule has 0 unspecified atom stereocenters. The number of sulfonamides is 1. The van der Waals surface area contributed by atoms with Gasteiger partial charge in [-0.2, -0.15) is 4.72 Å². The van der Waals surface area contributed by atoms with Crippen molar-refractivity contribution < 1.29 is 22.3 Å². The zero-order valence-electron chi connectivity index (χ0n) is 15.3. The number of hydrogen-bond acceptors (Lipinski definition) is 4. The van der Waals surface area contributed by atoms with Crippen molar-refractivity contribution >= 4 is 15.9 Å². The summed E-state index contributed by atoms with van der Waals surface area (Å²) in [4.78, 5) is 12.6. The van der Waals surface area contributed by atoms with E-state index in [2.05, 4.69) is 10.0 Å². The van der Waals surface area contributed by atoms with Gasteiger partial charge in [0, 0.05) is 13.2 Å². The van der Waals surface area contributed by atoms with E-state index in [0.29, 0.717) is 13.2 Å². The van der Waals surface area contributed by atoms with Crippen molar-refractivity contribution in [3.05, 3.63) is 66.0 Å². The maximum absolute atomic E-state index is 13.1. The van der Waals surface area contributed by atoms with E-state index in [0.717, 1.165) is 30.5 Å². The van der Waals surface area contributed by atoms with Gasteiger partial charge in [0.15, 0.2) is 0 Å².